The van der Waals surface area contributed by atoms with Crippen LogP contribution in [0.1, 0.15) is 18.3 Å². The molecule has 17 heavy (non-hydrogen) atoms. The second-order valence-electron chi connectivity index (χ2n) is 3.73. The average Bonchev–Trinajstić information content (AvgIpc) is 2.75. The van der Waals surface area contributed by atoms with Crippen LogP contribution in [0.15, 0.2) is 22.7 Å². The van der Waals surface area contributed by atoms with Crippen molar-refractivity contribution in [1.82, 2.24) is 14.8 Å². The summed E-state index contributed by atoms with van der Waals surface area (Å²) in [6, 6.07) is 6.14. The summed E-state index contributed by atoms with van der Waals surface area (Å²) in [4.78, 5) is 0. The lowest BCUT2D eigenvalue weighted by molar-refractivity contribution is 0.733. The molecular formula is C12H13Br2N3. The predicted octanol–water partition coefficient (Wildman–Crippen LogP) is 3.93. The molecule has 0 atom stereocenters. The first-order valence-electron chi connectivity index (χ1n) is 5.42. The molecule has 0 aliphatic heterocycles. The van der Waals surface area contributed by atoms with E-state index in [4.69, 9.17) is 0 Å². The number of hydrogen-bond donors (Lipinski definition) is 0. The molecule has 0 aliphatic rings. The number of alkyl halides is 1. The first-order valence-corrected chi connectivity index (χ1v) is 7.34. The number of nitrogens with zero attached hydrogens (tertiary/aromatic N) is 3. The molecule has 0 N–H and O–H groups in total. The van der Waals surface area contributed by atoms with Gasteiger partial charge in [-0.1, -0.05) is 44.0 Å². The zero-order valence-corrected chi connectivity index (χ0v) is 12.9. The molecule has 3 nitrogen and oxygen atoms in total. The van der Waals surface area contributed by atoms with Crippen molar-refractivity contribution in [3.8, 4) is 11.4 Å². The van der Waals surface area contributed by atoms with E-state index >= 15 is 0 Å². The van der Waals surface area contributed by atoms with E-state index in [0.717, 1.165) is 33.6 Å². The van der Waals surface area contributed by atoms with Gasteiger partial charge in [0.2, 0.25) is 0 Å². The maximum Gasteiger partial charge on any atom is 0.164 e. The van der Waals surface area contributed by atoms with Crippen molar-refractivity contribution in [2.24, 2.45) is 0 Å². The van der Waals surface area contributed by atoms with Crippen molar-refractivity contribution < 1.29 is 0 Å². The van der Waals surface area contributed by atoms with Gasteiger partial charge in [0.05, 0.1) is 5.33 Å². The SMILES string of the molecule is CCn1c(CBr)nnc1-c1cccc(Br)c1C. The summed E-state index contributed by atoms with van der Waals surface area (Å²) >= 11 is 6.98. The van der Waals surface area contributed by atoms with Crippen molar-refractivity contribution >= 4 is 31.9 Å². The molecule has 0 amide bonds. The van der Waals surface area contributed by atoms with Gasteiger partial charge in [-0.3, -0.25) is 0 Å². The lowest BCUT2D eigenvalue weighted by atomic mass is 10.1. The Hall–Kier alpha value is -0.680. The molecule has 0 saturated heterocycles. The molecule has 0 spiro atoms. The maximum atomic E-state index is 4.29. The zero-order valence-electron chi connectivity index (χ0n) is 9.74. The smallest absolute Gasteiger partial charge is 0.164 e. The Labute approximate surface area is 118 Å². The van der Waals surface area contributed by atoms with Crippen molar-refractivity contribution in [2.45, 2.75) is 25.7 Å². The molecule has 0 fully saturated rings. The molecule has 1 aromatic carbocycles. The van der Waals surface area contributed by atoms with E-state index in [1.165, 1.54) is 5.56 Å². The molecule has 1 aromatic heterocycles. The van der Waals surface area contributed by atoms with Crippen molar-refractivity contribution in [2.75, 3.05) is 0 Å². The molecule has 0 bridgehead atoms. The Kier molecular flexibility index (Phi) is 3.99. The van der Waals surface area contributed by atoms with E-state index < -0.39 is 0 Å². The lowest BCUT2D eigenvalue weighted by Gasteiger charge is -2.09. The van der Waals surface area contributed by atoms with Gasteiger partial charge in [-0.25, -0.2) is 0 Å². The molecule has 5 heteroatoms. The highest BCUT2D eigenvalue weighted by Gasteiger charge is 2.14. The Morgan fingerprint density at radius 3 is 2.71 bits per heavy atom. The summed E-state index contributed by atoms with van der Waals surface area (Å²) in [6.45, 7) is 5.06. The summed E-state index contributed by atoms with van der Waals surface area (Å²) in [5.74, 6) is 1.89. The summed E-state index contributed by atoms with van der Waals surface area (Å²) in [7, 11) is 0. The Morgan fingerprint density at radius 1 is 1.29 bits per heavy atom. The third-order valence-electron chi connectivity index (χ3n) is 2.77. The fourth-order valence-corrected chi connectivity index (χ4v) is 2.60. The number of hydrogen-bond acceptors (Lipinski definition) is 2. The van der Waals surface area contributed by atoms with Crippen LogP contribution in [0.3, 0.4) is 0 Å². The number of halogens is 2. The van der Waals surface area contributed by atoms with Crippen LogP contribution in [0.5, 0.6) is 0 Å². The molecule has 90 valence electrons. The molecule has 0 saturated carbocycles. The quantitative estimate of drug-likeness (QED) is 0.778. The molecule has 2 aromatic rings. The third kappa shape index (κ3) is 2.31. The first-order chi connectivity index (χ1) is 8.19. The van der Waals surface area contributed by atoms with Crippen molar-refractivity contribution in [3.05, 3.63) is 34.1 Å². The van der Waals surface area contributed by atoms with Crippen LogP contribution in [0.25, 0.3) is 11.4 Å². The first kappa shape index (κ1) is 12.8. The number of benzene rings is 1. The Bertz CT molecular complexity index is 535. The maximum absolute atomic E-state index is 4.29. The lowest BCUT2D eigenvalue weighted by Crippen LogP contribution is -2.02. The Morgan fingerprint density at radius 2 is 2.06 bits per heavy atom. The van der Waals surface area contributed by atoms with Gasteiger partial charge < -0.3 is 4.57 Å². The van der Waals surface area contributed by atoms with Crippen molar-refractivity contribution in [1.29, 1.82) is 0 Å². The minimum Gasteiger partial charge on any atom is -0.311 e. The highest BCUT2D eigenvalue weighted by Crippen LogP contribution is 2.28. The fourth-order valence-electron chi connectivity index (χ4n) is 1.82. The number of aromatic nitrogens is 3. The van der Waals surface area contributed by atoms with Crippen LogP contribution in [0.4, 0.5) is 0 Å². The van der Waals surface area contributed by atoms with Crippen LogP contribution in [-0.2, 0) is 11.9 Å². The average molecular weight is 359 g/mol. The van der Waals surface area contributed by atoms with Gasteiger partial charge in [0.15, 0.2) is 5.82 Å². The number of rotatable bonds is 3. The fraction of sp³-hybridized carbons (Fsp3) is 0.333. The predicted molar refractivity (Wildman–Crippen MR) is 76.2 cm³/mol. The van der Waals surface area contributed by atoms with E-state index in [9.17, 15) is 0 Å². The normalized spacial score (nSPS) is 10.8. The van der Waals surface area contributed by atoms with E-state index in [0.29, 0.717) is 0 Å². The largest absolute Gasteiger partial charge is 0.311 e. The minimum absolute atomic E-state index is 0.723. The minimum atomic E-state index is 0.723. The van der Waals surface area contributed by atoms with Gasteiger partial charge in [-0.2, -0.15) is 0 Å². The monoisotopic (exact) mass is 357 g/mol. The van der Waals surface area contributed by atoms with Crippen LogP contribution in [0.2, 0.25) is 0 Å². The zero-order chi connectivity index (χ0) is 12.4. The van der Waals surface area contributed by atoms with Gasteiger partial charge >= 0.3 is 0 Å². The summed E-state index contributed by atoms with van der Waals surface area (Å²) < 4.78 is 3.23. The second kappa shape index (κ2) is 5.31. The topological polar surface area (TPSA) is 30.7 Å². The van der Waals surface area contributed by atoms with Gasteiger partial charge in [-0.05, 0) is 25.5 Å². The summed E-state index contributed by atoms with van der Waals surface area (Å²) in [6.07, 6.45) is 0. The molecule has 2 rings (SSSR count). The van der Waals surface area contributed by atoms with Crippen LogP contribution in [0, 0.1) is 6.92 Å². The highest BCUT2D eigenvalue weighted by atomic mass is 79.9. The van der Waals surface area contributed by atoms with Gasteiger partial charge in [0.25, 0.3) is 0 Å². The summed E-state index contributed by atoms with van der Waals surface area (Å²) in [5, 5.41) is 9.22. The van der Waals surface area contributed by atoms with Crippen LogP contribution in [-0.4, -0.2) is 14.8 Å². The van der Waals surface area contributed by atoms with Gasteiger partial charge in [-0.15, -0.1) is 10.2 Å². The summed E-state index contributed by atoms with van der Waals surface area (Å²) in [5.41, 5.74) is 2.32. The Balaban J connectivity index is 2.60. The highest BCUT2D eigenvalue weighted by molar-refractivity contribution is 9.10. The van der Waals surface area contributed by atoms with Crippen LogP contribution < -0.4 is 0 Å². The van der Waals surface area contributed by atoms with E-state index in [2.05, 4.69) is 66.5 Å². The van der Waals surface area contributed by atoms with Crippen LogP contribution >= 0.6 is 31.9 Å². The van der Waals surface area contributed by atoms with Gasteiger partial charge in [0.1, 0.15) is 5.82 Å². The van der Waals surface area contributed by atoms with E-state index in [-0.39, 0.29) is 0 Å². The van der Waals surface area contributed by atoms with Gasteiger partial charge in [0, 0.05) is 16.6 Å². The van der Waals surface area contributed by atoms with Crippen molar-refractivity contribution in [3.63, 3.8) is 0 Å². The van der Waals surface area contributed by atoms with E-state index in [1.807, 2.05) is 12.1 Å². The molecular weight excluding hydrogens is 346 g/mol. The standard InChI is InChI=1S/C12H13Br2N3/c1-3-17-11(7-13)15-16-12(17)9-5-4-6-10(14)8(9)2/h4-6H,3,7H2,1-2H3. The molecule has 0 unspecified atom stereocenters. The third-order valence-corrected chi connectivity index (χ3v) is 4.13. The molecule has 0 aliphatic carbocycles. The molecule has 1 heterocycles. The van der Waals surface area contributed by atoms with E-state index in [1.54, 1.807) is 0 Å². The second-order valence-corrected chi connectivity index (χ2v) is 5.15. The molecule has 0 radical (unpaired) electrons.